The van der Waals surface area contributed by atoms with Crippen LogP contribution in [-0.4, -0.2) is 30.4 Å². The van der Waals surface area contributed by atoms with Gasteiger partial charge in [-0.25, -0.2) is 4.39 Å². The van der Waals surface area contributed by atoms with Gasteiger partial charge < -0.3 is 15.0 Å². The molecule has 2 atom stereocenters. The third-order valence-electron chi connectivity index (χ3n) is 4.57. The minimum atomic E-state index is -1.13. The van der Waals surface area contributed by atoms with Crippen LogP contribution in [0.25, 0.3) is 0 Å². The average Bonchev–Trinajstić information content (AvgIpc) is 3.10. The number of benzene rings is 2. The van der Waals surface area contributed by atoms with Crippen molar-refractivity contribution in [2.45, 2.75) is 19.4 Å². The summed E-state index contributed by atoms with van der Waals surface area (Å²) in [5, 5.41) is 11.6. The molecule has 8 heteroatoms. The topological polar surface area (TPSA) is 99.5 Å². The van der Waals surface area contributed by atoms with Crippen molar-refractivity contribution in [2.24, 2.45) is 5.92 Å². The molecule has 7 nitrogen and oxygen atoms in total. The van der Waals surface area contributed by atoms with Gasteiger partial charge in [-0.05, 0) is 31.2 Å². The average molecular weight is 395 g/mol. The summed E-state index contributed by atoms with van der Waals surface area (Å²) in [6, 6.07) is 14.2. The smallest absolute Gasteiger partial charge is 0.312 e. The molecule has 0 unspecified atom stereocenters. The van der Waals surface area contributed by atoms with E-state index in [1.165, 1.54) is 30.0 Å². The summed E-state index contributed by atoms with van der Waals surface area (Å²) in [6.45, 7) is 1.37. The van der Waals surface area contributed by atoms with Crippen molar-refractivity contribution in [2.75, 3.05) is 16.8 Å². The standard InChI is InChI=1S/C21H18FN3O4/c1-13(20(27)24-17-8-4-2-6-14(17)11-23)29-21(28)15-10-19(26)25(12-15)18-9-5-3-7-16(18)22/h2-9,13,15H,10,12H2,1H3,(H,24,27)/t13-,15+/m0/s1. The van der Waals surface area contributed by atoms with Gasteiger partial charge in [-0.2, -0.15) is 5.26 Å². The molecule has 0 spiro atoms. The molecule has 0 saturated carbocycles. The molecule has 1 saturated heterocycles. The largest absolute Gasteiger partial charge is 0.452 e. The number of nitrogens with zero attached hydrogens (tertiary/aromatic N) is 2. The number of ether oxygens (including phenoxy) is 1. The number of nitrogens with one attached hydrogen (secondary N) is 1. The first-order valence-electron chi connectivity index (χ1n) is 8.96. The molecule has 1 N–H and O–H groups in total. The van der Waals surface area contributed by atoms with E-state index in [4.69, 9.17) is 10.00 Å². The summed E-state index contributed by atoms with van der Waals surface area (Å²) in [5.41, 5.74) is 0.692. The lowest BCUT2D eigenvalue weighted by molar-refractivity contribution is -0.157. The molecule has 1 heterocycles. The number of para-hydroxylation sites is 2. The molecule has 0 aliphatic carbocycles. The molecule has 1 aliphatic heterocycles. The van der Waals surface area contributed by atoms with Crippen molar-refractivity contribution in [3.05, 3.63) is 59.9 Å². The van der Waals surface area contributed by atoms with Crippen LogP contribution in [0.1, 0.15) is 18.9 Å². The van der Waals surface area contributed by atoms with Crippen LogP contribution in [0.15, 0.2) is 48.5 Å². The maximum absolute atomic E-state index is 13.9. The van der Waals surface area contributed by atoms with Gasteiger partial charge >= 0.3 is 5.97 Å². The van der Waals surface area contributed by atoms with Gasteiger partial charge in [0.2, 0.25) is 5.91 Å². The monoisotopic (exact) mass is 395 g/mol. The number of hydrogen-bond acceptors (Lipinski definition) is 5. The van der Waals surface area contributed by atoms with Gasteiger partial charge in [0.15, 0.2) is 6.10 Å². The van der Waals surface area contributed by atoms with Crippen molar-refractivity contribution < 1.29 is 23.5 Å². The lowest BCUT2D eigenvalue weighted by Gasteiger charge is -2.18. The zero-order chi connectivity index (χ0) is 21.0. The molecule has 3 rings (SSSR count). The van der Waals surface area contributed by atoms with Crippen molar-refractivity contribution in [3.8, 4) is 6.07 Å². The van der Waals surface area contributed by atoms with Crippen LogP contribution in [0, 0.1) is 23.1 Å². The van der Waals surface area contributed by atoms with Crippen LogP contribution in [0.3, 0.4) is 0 Å². The molecule has 2 amide bonds. The second-order valence-electron chi connectivity index (χ2n) is 6.58. The van der Waals surface area contributed by atoms with E-state index in [2.05, 4.69) is 5.32 Å². The first kappa shape index (κ1) is 20.0. The first-order valence-corrected chi connectivity index (χ1v) is 8.96. The van der Waals surface area contributed by atoms with Gasteiger partial charge in [-0.15, -0.1) is 0 Å². The fourth-order valence-electron chi connectivity index (χ4n) is 3.02. The van der Waals surface area contributed by atoms with Crippen molar-refractivity contribution >= 4 is 29.2 Å². The third-order valence-corrected chi connectivity index (χ3v) is 4.57. The number of hydrogen-bond donors (Lipinski definition) is 1. The normalized spacial score (nSPS) is 16.8. The summed E-state index contributed by atoms with van der Waals surface area (Å²) in [7, 11) is 0. The summed E-state index contributed by atoms with van der Waals surface area (Å²) >= 11 is 0. The Kier molecular flexibility index (Phi) is 5.88. The number of anilines is 2. The Labute approximate surface area is 166 Å². The Balaban J connectivity index is 1.61. The van der Waals surface area contributed by atoms with Crippen LogP contribution in [0.5, 0.6) is 0 Å². The molecule has 2 aromatic carbocycles. The Hall–Kier alpha value is -3.73. The maximum atomic E-state index is 13.9. The van der Waals surface area contributed by atoms with Gasteiger partial charge in [0.1, 0.15) is 11.9 Å². The highest BCUT2D eigenvalue weighted by Gasteiger charge is 2.38. The van der Waals surface area contributed by atoms with E-state index in [0.717, 1.165) is 0 Å². The van der Waals surface area contributed by atoms with E-state index < -0.39 is 35.6 Å². The quantitative estimate of drug-likeness (QED) is 0.785. The number of rotatable bonds is 5. The number of nitriles is 1. The highest BCUT2D eigenvalue weighted by Crippen LogP contribution is 2.28. The van der Waals surface area contributed by atoms with Gasteiger partial charge in [0.05, 0.1) is 22.9 Å². The van der Waals surface area contributed by atoms with Crippen LogP contribution in [0.4, 0.5) is 15.8 Å². The van der Waals surface area contributed by atoms with Gasteiger partial charge in [0, 0.05) is 13.0 Å². The van der Waals surface area contributed by atoms with E-state index in [-0.39, 0.29) is 24.2 Å². The SMILES string of the molecule is C[C@H](OC(=O)[C@@H]1CC(=O)N(c2ccccc2F)C1)C(=O)Nc1ccccc1C#N. The molecule has 148 valence electrons. The molecule has 1 fully saturated rings. The van der Waals surface area contributed by atoms with Crippen molar-refractivity contribution in [1.82, 2.24) is 0 Å². The molecule has 0 aromatic heterocycles. The number of halogens is 1. The fourth-order valence-corrected chi connectivity index (χ4v) is 3.02. The summed E-state index contributed by atoms with van der Waals surface area (Å²) in [5.74, 6) is -3.07. The lowest BCUT2D eigenvalue weighted by Crippen LogP contribution is -2.33. The molecule has 29 heavy (non-hydrogen) atoms. The molecule has 0 radical (unpaired) electrons. The lowest BCUT2D eigenvalue weighted by atomic mass is 10.1. The molecule has 1 aliphatic rings. The predicted molar refractivity (Wildman–Crippen MR) is 102 cm³/mol. The number of carbonyl (C=O) groups is 3. The van der Waals surface area contributed by atoms with E-state index >= 15 is 0 Å². The van der Waals surface area contributed by atoms with Crippen LogP contribution in [-0.2, 0) is 19.1 Å². The van der Waals surface area contributed by atoms with E-state index in [1.54, 1.807) is 30.3 Å². The van der Waals surface area contributed by atoms with Crippen molar-refractivity contribution in [1.29, 1.82) is 5.26 Å². The zero-order valence-electron chi connectivity index (χ0n) is 15.6. The van der Waals surface area contributed by atoms with E-state index in [0.29, 0.717) is 5.69 Å². The predicted octanol–water partition coefficient (Wildman–Crippen LogP) is 2.62. The number of carbonyl (C=O) groups excluding carboxylic acids is 3. The zero-order valence-corrected chi connectivity index (χ0v) is 15.6. The van der Waals surface area contributed by atoms with Gasteiger partial charge in [-0.3, -0.25) is 14.4 Å². The Morgan fingerprint density at radius 1 is 1.24 bits per heavy atom. The molecule has 0 bridgehead atoms. The van der Waals surface area contributed by atoms with Crippen molar-refractivity contribution in [3.63, 3.8) is 0 Å². The van der Waals surface area contributed by atoms with E-state index in [9.17, 15) is 18.8 Å². The number of esters is 1. The highest BCUT2D eigenvalue weighted by atomic mass is 19.1. The molecular formula is C21H18FN3O4. The molecular weight excluding hydrogens is 377 g/mol. The van der Waals surface area contributed by atoms with E-state index in [1.807, 2.05) is 6.07 Å². The summed E-state index contributed by atoms with van der Waals surface area (Å²) in [4.78, 5) is 38.1. The minimum absolute atomic E-state index is 0.0236. The number of amides is 2. The van der Waals surface area contributed by atoms with Crippen LogP contribution < -0.4 is 10.2 Å². The molecule has 2 aromatic rings. The summed E-state index contributed by atoms with van der Waals surface area (Å²) in [6.07, 6.45) is -1.26. The van der Waals surface area contributed by atoms with Crippen LogP contribution in [0.2, 0.25) is 0 Å². The first-order chi connectivity index (χ1) is 13.9. The second kappa shape index (κ2) is 8.52. The van der Waals surface area contributed by atoms with Gasteiger partial charge in [0.25, 0.3) is 5.91 Å². The maximum Gasteiger partial charge on any atom is 0.312 e. The Bertz CT molecular complexity index is 1000. The summed E-state index contributed by atoms with van der Waals surface area (Å²) < 4.78 is 19.1. The van der Waals surface area contributed by atoms with Gasteiger partial charge in [-0.1, -0.05) is 24.3 Å². The third kappa shape index (κ3) is 4.41. The second-order valence-corrected chi connectivity index (χ2v) is 6.58. The minimum Gasteiger partial charge on any atom is -0.452 e. The fraction of sp³-hybridized carbons (Fsp3) is 0.238. The van der Waals surface area contributed by atoms with Crippen LogP contribution >= 0.6 is 0 Å². The highest BCUT2D eigenvalue weighted by molar-refractivity contribution is 6.00. The Morgan fingerprint density at radius 3 is 2.66 bits per heavy atom. The Morgan fingerprint density at radius 2 is 1.93 bits per heavy atom.